The summed E-state index contributed by atoms with van der Waals surface area (Å²) in [4.78, 5) is 0. The van der Waals surface area contributed by atoms with Crippen molar-refractivity contribution in [1.29, 1.82) is 0 Å². The van der Waals surface area contributed by atoms with Crippen LogP contribution >= 0.6 is 0 Å². The third-order valence-electron chi connectivity index (χ3n) is 3.14. The van der Waals surface area contributed by atoms with Crippen molar-refractivity contribution in [3.05, 3.63) is 34.6 Å². The van der Waals surface area contributed by atoms with Gasteiger partial charge in [0.1, 0.15) is 11.3 Å². The van der Waals surface area contributed by atoms with E-state index in [4.69, 9.17) is 4.42 Å². The highest BCUT2D eigenvalue weighted by Gasteiger charge is 2.12. The van der Waals surface area contributed by atoms with E-state index in [9.17, 15) is 0 Å². The molecule has 0 fully saturated rings. The van der Waals surface area contributed by atoms with Crippen LogP contribution in [0.2, 0.25) is 0 Å². The van der Waals surface area contributed by atoms with Gasteiger partial charge in [-0.25, -0.2) is 0 Å². The Labute approximate surface area is 103 Å². The van der Waals surface area contributed by atoms with Gasteiger partial charge in [-0.3, -0.25) is 0 Å². The monoisotopic (exact) mass is 231 g/mol. The number of furan rings is 1. The molecule has 1 heterocycles. The van der Waals surface area contributed by atoms with E-state index in [1.54, 1.807) is 0 Å². The van der Waals surface area contributed by atoms with Crippen LogP contribution in [0.25, 0.3) is 11.0 Å². The molecule has 0 bridgehead atoms. The fraction of sp³-hybridized carbons (Fsp3) is 0.467. The number of nitrogens with one attached hydrogen (secondary N) is 1. The zero-order valence-corrected chi connectivity index (χ0v) is 11.3. The molecule has 1 N–H and O–H groups in total. The largest absolute Gasteiger partial charge is 0.459 e. The molecule has 0 radical (unpaired) electrons. The number of rotatable bonds is 3. The average molecular weight is 231 g/mol. The highest BCUT2D eigenvalue weighted by molar-refractivity contribution is 5.86. The molecule has 92 valence electrons. The zero-order chi connectivity index (χ0) is 12.6. The molecule has 0 spiro atoms. The molecule has 0 amide bonds. The minimum atomic E-state index is 0.477. The van der Waals surface area contributed by atoms with E-state index in [0.717, 1.165) is 17.9 Å². The van der Waals surface area contributed by atoms with Crippen molar-refractivity contribution < 1.29 is 4.42 Å². The highest BCUT2D eigenvalue weighted by Crippen LogP contribution is 2.29. The maximum Gasteiger partial charge on any atom is 0.135 e. The first kappa shape index (κ1) is 12.2. The first-order valence-electron chi connectivity index (χ1n) is 6.21. The average Bonchev–Trinajstić information content (AvgIpc) is 2.52. The zero-order valence-electron chi connectivity index (χ0n) is 11.3. The lowest BCUT2D eigenvalue weighted by Crippen LogP contribution is -2.21. The molecule has 0 atom stereocenters. The minimum Gasteiger partial charge on any atom is -0.459 e. The molecule has 0 aliphatic rings. The van der Waals surface area contributed by atoms with E-state index in [-0.39, 0.29) is 0 Å². The van der Waals surface area contributed by atoms with Gasteiger partial charge in [-0.1, -0.05) is 19.9 Å². The number of hydrogen-bond donors (Lipinski definition) is 1. The van der Waals surface area contributed by atoms with Crippen LogP contribution in [-0.4, -0.2) is 6.04 Å². The molecular weight excluding hydrogens is 210 g/mol. The summed E-state index contributed by atoms with van der Waals surface area (Å²) in [5.41, 5.74) is 4.84. The van der Waals surface area contributed by atoms with Crippen LogP contribution in [0, 0.1) is 20.8 Å². The predicted octanol–water partition coefficient (Wildman–Crippen LogP) is 3.86. The minimum absolute atomic E-state index is 0.477. The topological polar surface area (TPSA) is 25.2 Å². The van der Waals surface area contributed by atoms with E-state index >= 15 is 0 Å². The second-order valence-corrected chi connectivity index (χ2v) is 5.14. The van der Waals surface area contributed by atoms with Crippen molar-refractivity contribution >= 4 is 11.0 Å². The van der Waals surface area contributed by atoms with Gasteiger partial charge in [-0.2, -0.15) is 0 Å². The predicted molar refractivity (Wildman–Crippen MR) is 72.4 cm³/mol. The number of hydrogen-bond acceptors (Lipinski definition) is 2. The highest BCUT2D eigenvalue weighted by atomic mass is 16.3. The van der Waals surface area contributed by atoms with Crippen molar-refractivity contribution in [3.63, 3.8) is 0 Å². The number of benzene rings is 1. The second-order valence-electron chi connectivity index (χ2n) is 5.14. The van der Waals surface area contributed by atoms with Gasteiger partial charge in [-0.15, -0.1) is 0 Å². The van der Waals surface area contributed by atoms with Gasteiger partial charge < -0.3 is 9.73 Å². The fourth-order valence-electron chi connectivity index (χ4n) is 2.30. The standard InChI is InChI=1S/C15H21NO/c1-9(2)16-8-14-12(5)15-11(4)6-10(3)7-13(15)17-14/h6-7,9,16H,8H2,1-5H3. The molecule has 2 aromatic rings. The number of aryl methyl sites for hydroxylation is 3. The summed E-state index contributed by atoms with van der Waals surface area (Å²) in [5, 5.41) is 4.68. The summed E-state index contributed by atoms with van der Waals surface area (Å²) in [6.07, 6.45) is 0. The summed E-state index contributed by atoms with van der Waals surface area (Å²) in [5.74, 6) is 1.06. The Balaban J connectivity index is 2.45. The van der Waals surface area contributed by atoms with E-state index in [1.807, 2.05) is 0 Å². The van der Waals surface area contributed by atoms with E-state index in [0.29, 0.717) is 6.04 Å². The van der Waals surface area contributed by atoms with Gasteiger partial charge in [0, 0.05) is 11.4 Å². The maximum absolute atomic E-state index is 5.95. The Morgan fingerprint density at radius 3 is 2.53 bits per heavy atom. The van der Waals surface area contributed by atoms with Crippen molar-refractivity contribution in [2.75, 3.05) is 0 Å². The van der Waals surface area contributed by atoms with E-state index in [1.165, 1.54) is 22.1 Å². The fourth-order valence-corrected chi connectivity index (χ4v) is 2.30. The molecule has 2 rings (SSSR count). The van der Waals surface area contributed by atoms with Crippen LogP contribution in [0.5, 0.6) is 0 Å². The molecule has 1 aromatic heterocycles. The first-order chi connectivity index (χ1) is 7.99. The Morgan fingerprint density at radius 1 is 1.18 bits per heavy atom. The molecular formula is C15H21NO. The van der Waals surface area contributed by atoms with Crippen LogP contribution in [0.3, 0.4) is 0 Å². The van der Waals surface area contributed by atoms with Crippen LogP contribution in [0.4, 0.5) is 0 Å². The molecule has 0 unspecified atom stereocenters. The van der Waals surface area contributed by atoms with Gasteiger partial charge in [0.05, 0.1) is 6.54 Å². The normalized spacial score (nSPS) is 11.6. The van der Waals surface area contributed by atoms with Gasteiger partial charge in [-0.05, 0) is 43.5 Å². The Hall–Kier alpha value is -1.28. The first-order valence-corrected chi connectivity index (χ1v) is 6.21. The second kappa shape index (κ2) is 4.53. The van der Waals surface area contributed by atoms with Gasteiger partial charge in [0.25, 0.3) is 0 Å². The lowest BCUT2D eigenvalue weighted by atomic mass is 10.0. The molecule has 0 aliphatic heterocycles. The summed E-state index contributed by atoms with van der Waals surface area (Å²) < 4.78 is 5.95. The van der Waals surface area contributed by atoms with Crippen molar-refractivity contribution in [3.8, 4) is 0 Å². The quantitative estimate of drug-likeness (QED) is 0.867. The van der Waals surface area contributed by atoms with Gasteiger partial charge >= 0.3 is 0 Å². The van der Waals surface area contributed by atoms with Crippen LogP contribution < -0.4 is 5.32 Å². The van der Waals surface area contributed by atoms with Gasteiger partial charge in [0.2, 0.25) is 0 Å². The van der Waals surface area contributed by atoms with Gasteiger partial charge in [0.15, 0.2) is 0 Å². The SMILES string of the molecule is Cc1cc(C)c2c(C)c(CNC(C)C)oc2c1. The summed E-state index contributed by atoms with van der Waals surface area (Å²) in [6, 6.07) is 4.81. The molecule has 2 heteroatoms. The Bertz CT molecular complexity index is 537. The molecule has 0 saturated heterocycles. The Morgan fingerprint density at radius 2 is 1.88 bits per heavy atom. The third-order valence-corrected chi connectivity index (χ3v) is 3.14. The van der Waals surface area contributed by atoms with Crippen molar-refractivity contribution in [2.45, 2.75) is 47.2 Å². The van der Waals surface area contributed by atoms with Crippen LogP contribution in [0.1, 0.15) is 36.3 Å². The third kappa shape index (κ3) is 2.37. The lowest BCUT2D eigenvalue weighted by Gasteiger charge is -2.05. The van der Waals surface area contributed by atoms with Crippen molar-refractivity contribution in [2.24, 2.45) is 0 Å². The summed E-state index contributed by atoms with van der Waals surface area (Å²) in [6.45, 7) is 11.5. The summed E-state index contributed by atoms with van der Waals surface area (Å²) >= 11 is 0. The van der Waals surface area contributed by atoms with E-state index in [2.05, 4.69) is 52.1 Å². The molecule has 1 aromatic carbocycles. The molecule has 2 nitrogen and oxygen atoms in total. The smallest absolute Gasteiger partial charge is 0.135 e. The van der Waals surface area contributed by atoms with E-state index < -0.39 is 0 Å². The van der Waals surface area contributed by atoms with Crippen molar-refractivity contribution in [1.82, 2.24) is 5.32 Å². The Kier molecular flexibility index (Phi) is 3.25. The maximum atomic E-state index is 5.95. The molecule has 0 saturated carbocycles. The molecule has 17 heavy (non-hydrogen) atoms. The lowest BCUT2D eigenvalue weighted by molar-refractivity contribution is 0.485. The van der Waals surface area contributed by atoms with Crippen LogP contribution in [0.15, 0.2) is 16.5 Å². The summed E-state index contributed by atoms with van der Waals surface area (Å²) in [7, 11) is 0. The van der Waals surface area contributed by atoms with Crippen LogP contribution in [-0.2, 0) is 6.54 Å². The number of fused-ring (bicyclic) bond motifs is 1. The molecule has 0 aliphatic carbocycles.